The molecule has 1 fully saturated rings. The van der Waals surface area contributed by atoms with E-state index < -0.39 is 47.3 Å². The predicted molar refractivity (Wildman–Crippen MR) is 118 cm³/mol. The van der Waals surface area contributed by atoms with Crippen LogP contribution < -0.4 is 10.6 Å². The lowest BCUT2D eigenvalue weighted by Gasteiger charge is -2.25. The monoisotopic (exact) mass is 465 g/mol. The highest BCUT2D eigenvalue weighted by Crippen LogP contribution is 2.33. The third-order valence-corrected chi connectivity index (χ3v) is 6.08. The van der Waals surface area contributed by atoms with Crippen LogP contribution >= 0.6 is 0 Å². The van der Waals surface area contributed by atoms with Crippen LogP contribution in [0.3, 0.4) is 0 Å². The highest BCUT2D eigenvalue weighted by molar-refractivity contribution is 6.11. The molecule has 0 aromatic heterocycles. The van der Waals surface area contributed by atoms with Gasteiger partial charge in [0.15, 0.2) is 0 Å². The normalized spacial score (nSPS) is 19.2. The van der Waals surface area contributed by atoms with Gasteiger partial charge in [0, 0.05) is 23.7 Å². The van der Waals surface area contributed by atoms with Crippen molar-refractivity contribution >= 4 is 23.4 Å². The van der Waals surface area contributed by atoms with Crippen LogP contribution in [0.4, 0.5) is 18.9 Å². The Labute approximate surface area is 192 Å². The van der Waals surface area contributed by atoms with Crippen LogP contribution in [-0.2, 0) is 4.79 Å². The maximum Gasteiger partial charge on any atom is 0.256 e. The fourth-order valence-electron chi connectivity index (χ4n) is 4.46. The van der Waals surface area contributed by atoms with E-state index in [9.17, 15) is 27.6 Å². The first-order valence-corrected chi connectivity index (χ1v) is 10.6. The molecule has 0 saturated carbocycles. The van der Waals surface area contributed by atoms with Crippen molar-refractivity contribution in [3.63, 3.8) is 0 Å². The average molecular weight is 465 g/mol. The number of hydrogen-bond acceptors (Lipinski definition) is 3. The van der Waals surface area contributed by atoms with Gasteiger partial charge in [0.1, 0.15) is 23.5 Å². The summed E-state index contributed by atoms with van der Waals surface area (Å²) in [6.45, 7) is 0.208. The number of halogens is 3. The minimum Gasteiger partial charge on any atom is -0.347 e. The predicted octanol–water partition coefficient (Wildman–Crippen LogP) is 3.74. The number of hydrogen-bond donors (Lipinski definition) is 2. The maximum absolute atomic E-state index is 14.3. The highest BCUT2D eigenvalue weighted by atomic mass is 19.1. The summed E-state index contributed by atoms with van der Waals surface area (Å²) in [6, 6.07) is 11.2. The molecule has 0 aliphatic carbocycles. The van der Waals surface area contributed by atoms with Crippen LogP contribution in [-0.4, -0.2) is 41.2 Å². The van der Waals surface area contributed by atoms with Gasteiger partial charge >= 0.3 is 0 Å². The van der Waals surface area contributed by atoms with Crippen molar-refractivity contribution in [3.8, 4) is 11.1 Å². The number of anilines is 1. The second kappa shape index (κ2) is 8.33. The van der Waals surface area contributed by atoms with Gasteiger partial charge in [-0.15, -0.1) is 0 Å². The summed E-state index contributed by atoms with van der Waals surface area (Å²) < 4.78 is 41.1. The largest absolute Gasteiger partial charge is 0.347 e. The Morgan fingerprint density at radius 1 is 0.941 bits per heavy atom. The van der Waals surface area contributed by atoms with Crippen LogP contribution in [0.2, 0.25) is 0 Å². The molecule has 0 unspecified atom stereocenters. The van der Waals surface area contributed by atoms with Gasteiger partial charge in [-0.3, -0.25) is 14.4 Å². The minimum absolute atomic E-state index is 0.105. The standard InChI is InChI=1S/C25H18F3N3O3/c26-15-3-1-2-14(10-15)23(32)30-21-8-9-31-22(21)24(33)29-20-7-4-13(11-18(20)25(31)34)17-6-5-16(27)12-19(17)28/h1-7,10-12,21-22H,8-9H2,(H,29,33)(H,30,32)/t21-,22-/m0/s1. The van der Waals surface area contributed by atoms with Crippen LogP contribution in [0.1, 0.15) is 27.1 Å². The minimum atomic E-state index is -0.969. The molecule has 2 aliphatic heterocycles. The fraction of sp³-hybridized carbons (Fsp3) is 0.160. The summed E-state index contributed by atoms with van der Waals surface area (Å²) in [5, 5.41) is 5.44. The first-order chi connectivity index (χ1) is 16.3. The fourth-order valence-corrected chi connectivity index (χ4v) is 4.46. The van der Waals surface area contributed by atoms with E-state index in [2.05, 4.69) is 10.6 Å². The lowest BCUT2D eigenvalue weighted by Crippen LogP contribution is -2.51. The third-order valence-electron chi connectivity index (χ3n) is 6.08. The zero-order chi connectivity index (χ0) is 24.0. The first kappa shape index (κ1) is 21.7. The van der Waals surface area contributed by atoms with E-state index in [4.69, 9.17) is 0 Å². The lowest BCUT2D eigenvalue weighted by atomic mass is 10.0. The molecule has 6 nitrogen and oxygen atoms in total. The van der Waals surface area contributed by atoms with Crippen molar-refractivity contribution < 1.29 is 27.6 Å². The van der Waals surface area contributed by atoms with E-state index in [0.717, 1.165) is 18.2 Å². The Hall–Kier alpha value is -4.14. The molecule has 2 atom stereocenters. The van der Waals surface area contributed by atoms with E-state index in [1.165, 1.54) is 47.4 Å². The zero-order valence-electron chi connectivity index (χ0n) is 17.6. The molecule has 5 rings (SSSR count). The second-order valence-electron chi connectivity index (χ2n) is 8.20. The SMILES string of the molecule is O=C(N[C@H]1CCN2C(=O)c3cc(-c4ccc(F)cc4F)ccc3NC(=O)[C@H]12)c1cccc(F)c1. The van der Waals surface area contributed by atoms with Crippen LogP contribution in [0.5, 0.6) is 0 Å². The van der Waals surface area contributed by atoms with Crippen molar-refractivity contribution in [2.24, 2.45) is 0 Å². The van der Waals surface area contributed by atoms with Crippen LogP contribution in [0.15, 0.2) is 60.7 Å². The molecular weight excluding hydrogens is 447 g/mol. The van der Waals surface area contributed by atoms with Gasteiger partial charge in [-0.2, -0.15) is 0 Å². The Balaban J connectivity index is 1.43. The molecule has 0 radical (unpaired) electrons. The van der Waals surface area contributed by atoms with Crippen LogP contribution in [0.25, 0.3) is 11.1 Å². The number of nitrogens with one attached hydrogen (secondary N) is 2. The summed E-state index contributed by atoms with van der Waals surface area (Å²) in [4.78, 5) is 40.3. The summed E-state index contributed by atoms with van der Waals surface area (Å²) >= 11 is 0. The zero-order valence-corrected chi connectivity index (χ0v) is 17.6. The number of carbonyl (C=O) groups excluding carboxylic acids is 3. The maximum atomic E-state index is 14.3. The van der Waals surface area contributed by atoms with Gasteiger partial charge < -0.3 is 15.5 Å². The molecule has 34 heavy (non-hydrogen) atoms. The average Bonchev–Trinajstić information content (AvgIpc) is 3.18. The summed E-state index contributed by atoms with van der Waals surface area (Å²) in [6.07, 6.45) is 0.326. The van der Waals surface area contributed by atoms with Crippen molar-refractivity contribution in [2.45, 2.75) is 18.5 Å². The smallest absolute Gasteiger partial charge is 0.256 e. The molecule has 1 saturated heterocycles. The van der Waals surface area contributed by atoms with Crippen molar-refractivity contribution in [2.75, 3.05) is 11.9 Å². The van der Waals surface area contributed by atoms with E-state index in [1.54, 1.807) is 0 Å². The highest BCUT2D eigenvalue weighted by Gasteiger charge is 2.45. The quantitative estimate of drug-likeness (QED) is 0.619. The topological polar surface area (TPSA) is 78.5 Å². The molecule has 2 N–H and O–H groups in total. The molecule has 9 heteroatoms. The summed E-state index contributed by atoms with van der Waals surface area (Å²) in [5.41, 5.74) is 0.992. The van der Waals surface area contributed by atoms with Gasteiger partial charge in [-0.1, -0.05) is 12.1 Å². The molecule has 3 amide bonds. The number of carbonyl (C=O) groups is 3. The first-order valence-electron chi connectivity index (χ1n) is 10.6. The third kappa shape index (κ3) is 3.79. The van der Waals surface area contributed by atoms with Gasteiger partial charge in [0.2, 0.25) is 5.91 Å². The number of amides is 3. The molecule has 0 spiro atoms. The number of benzene rings is 3. The Kier molecular flexibility index (Phi) is 5.31. The van der Waals surface area contributed by atoms with E-state index in [1.807, 2.05) is 0 Å². The number of nitrogens with zero attached hydrogens (tertiary/aromatic N) is 1. The summed E-state index contributed by atoms with van der Waals surface area (Å²) in [5.74, 6) is -3.54. The molecule has 0 bridgehead atoms. The van der Waals surface area contributed by atoms with Crippen LogP contribution in [0, 0.1) is 17.5 Å². The van der Waals surface area contributed by atoms with Gasteiger partial charge in [0.25, 0.3) is 11.8 Å². The molecule has 172 valence electrons. The molecule has 3 aromatic carbocycles. The molecule has 2 heterocycles. The molecule has 3 aromatic rings. The van der Waals surface area contributed by atoms with Gasteiger partial charge in [-0.25, -0.2) is 13.2 Å². The summed E-state index contributed by atoms with van der Waals surface area (Å²) in [7, 11) is 0. The number of fused-ring (bicyclic) bond motifs is 2. The van der Waals surface area contributed by atoms with Gasteiger partial charge in [0.05, 0.1) is 17.3 Å². The number of rotatable bonds is 3. The lowest BCUT2D eigenvalue weighted by molar-refractivity contribution is -0.120. The van der Waals surface area contributed by atoms with Crippen molar-refractivity contribution in [1.29, 1.82) is 0 Å². The van der Waals surface area contributed by atoms with E-state index >= 15 is 0 Å². The molecule has 2 aliphatic rings. The van der Waals surface area contributed by atoms with Crippen molar-refractivity contribution in [3.05, 3.63) is 89.2 Å². The second-order valence-corrected chi connectivity index (χ2v) is 8.20. The Morgan fingerprint density at radius 2 is 1.74 bits per heavy atom. The van der Waals surface area contributed by atoms with Crippen molar-refractivity contribution in [1.82, 2.24) is 10.2 Å². The van der Waals surface area contributed by atoms with Gasteiger partial charge in [-0.05, 0) is 54.4 Å². The molecular formula is C25H18F3N3O3. The Bertz CT molecular complexity index is 1340. The van der Waals surface area contributed by atoms with E-state index in [-0.39, 0.29) is 28.9 Å². The Morgan fingerprint density at radius 3 is 2.50 bits per heavy atom. The van der Waals surface area contributed by atoms with E-state index in [0.29, 0.717) is 12.0 Å².